The summed E-state index contributed by atoms with van der Waals surface area (Å²) in [6, 6.07) is 0. The average Bonchev–Trinajstić information content (AvgIpc) is 3.19. The molecule has 3 N–H and O–H groups in total. The predicted molar refractivity (Wildman–Crippen MR) is 238 cm³/mol. The zero-order chi connectivity index (χ0) is 40.9. The van der Waals surface area contributed by atoms with Crippen LogP contribution < -0.4 is 5.73 Å². The van der Waals surface area contributed by atoms with Crippen molar-refractivity contribution in [3.05, 3.63) is 48.6 Å². The van der Waals surface area contributed by atoms with E-state index in [1.165, 1.54) is 116 Å². The lowest BCUT2D eigenvalue weighted by Crippen LogP contribution is -2.28. The molecule has 2 unspecified atom stereocenters. The quantitative estimate of drug-likeness (QED) is 0.0270. The van der Waals surface area contributed by atoms with Gasteiger partial charge in [-0.25, -0.2) is 4.57 Å². The number of hydrogen-bond donors (Lipinski definition) is 2. The molecule has 0 bridgehead atoms. The first-order chi connectivity index (χ1) is 27.4. The molecule has 328 valence electrons. The highest BCUT2D eigenvalue weighted by Gasteiger charge is 2.25. The van der Waals surface area contributed by atoms with Gasteiger partial charge >= 0.3 is 13.8 Å². The van der Waals surface area contributed by atoms with Crippen LogP contribution in [0.15, 0.2) is 48.6 Å². The van der Waals surface area contributed by atoms with E-state index in [1.54, 1.807) is 0 Å². The Morgan fingerprint density at radius 2 is 1.00 bits per heavy atom. The van der Waals surface area contributed by atoms with Crippen molar-refractivity contribution in [2.24, 2.45) is 5.73 Å². The third kappa shape index (κ3) is 43.6. The molecular weight excluding hydrogens is 721 g/mol. The van der Waals surface area contributed by atoms with Crippen molar-refractivity contribution in [1.82, 2.24) is 0 Å². The molecule has 2 atom stereocenters. The SMILES string of the molecule is CC/C=C\C/C=C\C/C=C\CCCCCCOCC(COP(=O)(O)OCCN)OC(=O)CCCCCCCCCCCCC/C=C\CCCCCCCCCC. The first kappa shape index (κ1) is 54.5. The minimum atomic E-state index is -4.28. The van der Waals surface area contributed by atoms with E-state index in [2.05, 4.69) is 62.5 Å². The van der Waals surface area contributed by atoms with Crippen molar-refractivity contribution in [3.8, 4) is 0 Å². The van der Waals surface area contributed by atoms with Gasteiger partial charge in [0.05, 0.1) is 19.8 Å². The third-order valence-electron chi connectivity index (χ3n) is 9.73. The van der Waals surface area contributed by atoms with Crippen molar-refractivity contribution in [1.29, 1.82) is 0 Å². The molecular formula is C47H88NO7P. The number of carbonyl (C=O) groups excluding carboxylic acids is 1. The first-order valence-electron chi connectivity index (χ1n) is 23.1. The van der Waals surface area contributed by atoms with Crippen molar-refractivity contribution >= 4 is 13.8 Å². The lowest BCUT2D eigenvalue weighted by molar-refractivity contribution is -0.154. The zero-order valence-electron chi connectivity index (χ0n) is 36.4. The molecule has 0 aromatic heterocycles. The topological polar surface area (TPSA) is 117 Å². The summed E-state index contributed by atoms with van der Waals surface area (Å²) in [5, 5.41) is 0. The van der Waals surface area contributed by atoms with E-state index in [0.717, 1.165) is 70.6 Å². The Morgan fingerprint density at radius 1 is 0.554 bits per heavy atom. The summed E-state index contributed by atoms with van der Waals surface area (Å²) >= 11 is 0. The summed E-state index contributed by atoms with van der Waals surface area (Å²) in [5.74, 6) is -0.339. The highest BCUT2D eigenvalue weighted by atomic mass is 31.2. The fourth-order valence-corrected chi connectivity index (χ4v) is 7.12. The molecule has 0 rings (SSSR count). The van der Waals surface area contributed by atoms with Gasteiger partial charge in [-0.3, -0.25) is 13.8 Å². The molecule has 9 heteroatoms. The Bertz CT molecular complexity index is 999. The van der Waals surface area contributed by atoms with Crippen molar-refractivity contribution in [2.45, 2.75) is 213 Å². The maximum atomic E-state index is 12.6. The minimum Gasteiger partial charge on any atom is -0.457 e. The molecule has 0 radical (unpaired) electrons. The number of hydrogen-bond acceptors (Lipinski definition) is 7. The second kappa shape index (κ2) is 44.6. The second-order valence-corrected chi connectivity index (χ2v) is 16.7. The summed E-state index contributed by atoms with van der Waals surface area (Å²) in [6.45, 7) is 4.77. The Kier molecular flexibility index (Phi) is 43.3. The normalized spacial score (nSPS) is 13.9. The number of ether oxygens (including phenoxy) is 2. The molecule has 0 aliphatic carbocycles. The van der Waals surface area contributed by atoms with Crippen molar-refractivity contribution in [3.63, 3.8) is 0 Å². The maximum absolute atomic E-state index is 12.6. The molecule has 0 heterocycles. The Morgan fingerprint density at radius 3 is 1.52 bits per heavy atom. The lowest BCUT2D eigenvalue weighted by atomic mass is 10.0. The van der Waals surface area contributed by atoms with E-state index in [9.17, 15) is 14.3 Å². The van der Waals surface area contributed by atoms with Gasteiger partial charge in [-0.1, -0.05) is 178 Å². The van der Waals surface area contributed by atoms with Crippen LogP contribution in [0.1, 0.15) is 206 Å². The van der Waals surface area contributed by atoms with Crippen LogP contribution in [0, 0.1) is 0 Å². The molecule has 0 aliphatic rings. The number of esters is 1. The van der Waals surface area contributed by atoms with Crippen LogP contribution in [0.5, 0.6) is 0 Å². The monoisotopic (exact) mass is 810 g/mol. The van der Waals surface area contributed by atoms with Crippen LogP contribution in [-0.2, 0) is 27.9 Å². The van der Waals surface area contributed by atoms with Crippen LogP contribution in [0.4, 0.5) is 0 Å². The van der Waals surface area contributed by atoms with E-state index >= 15 is 0 Å². The molecule has 0 saturated carbocycles. The third-order valence-corrected chi connectivity index (χ3v) is 10.7. The highest BCUT2D eigenvalue weighted by molar-refractivity contribution is 7.47. The molecule has 56 heavy (non-hydrogen) atoms. The van der Waals surface area contributed by atoms with E-state index in [1.807, 2.05) is 0 Å². The molecule has 0 aliphatic heterocycles. The number of unbranched alkanes of at least 4 members (excludes halogenated alkanes) is 23. The second-order valence-electron chi connectivity index (χ2n) is 15.2. The van der Waals surface area contributed by atoms with E-state index in [-0.39, 0.29) is 32.3 Å². The van der Waals surface area contributed by atoms with E-state index < -0.39 is 13.9 Å². The van der Waals surface area contributed by atoms with Gasteiger partial charge in [0.2, 0.25) is 0 Å². The number of phosphoric ester groups is 1. The number of nitrogens with two attached hydrogens (primary N) is 1. The Balaban J connectivity index is 3.97. The zero-order valence-corrected chi connectivity index (χ0v) is 37.3. The number of rotatable bonds is 44. The molecule has 0 spiro atoms. The van der Waals surface area contributed by atoms with Crippen molar-refractivity contribution in [2.75, 3.05) is 33.0 Å². The molecule has 0 fully saturated rings. The van der Waals surface area contributed by atoms with Gasteiger partial charge in [0.25, 0.3) is 0 Å². The number of carbonyl (C=O) groups is 1. The predicted octanol–water partition coefficient (Wildman–Crippen LogP) is 14.0. The fraction of sp³-hybridized carbons (Fsp3) is 0.809. The van der Waals surface area contributed by atoms with Gasteiger partial charge < -0.3 is 20.1 Å². The van der Waals surface area contributed by atoms with Crippen LogP contribution in [0.2, 0.25) is 0 Å². The summed E-state index contributed by atoms with van der Waals surface area (Å²) in [6.07, 6.45) is 52.9. The Labute approximate surface area is 345 Å². The largest absolute Gasteiger partial charge is 0.472 e. The molecule has 8 nitrogen and oxygen atoms in total. The lowest BCUT2D eigenvalue weighted by Gasteiger charge is -2.20. The molecule has 0 aromatic rings. The summed E-state index contributed by atoms with van der Waals surface area (Å²) in [7, 11) is -4.28. The van der Waals surface area contributed by atoms with E-state index in [0.29, 0.717) is 13.0 Å². The van der Waals surface area contributed by atoms with Crippen LogP contribution in [0.3, 0.4) is 0 Å². The van der Waals surface area contributed by atoms with Gasteiger partial charge in [-0.15, -0.1) is 0 Å². The van der Waals surface area contributed by atoms with Crippen LogP contribution in [0.25, 0.3) is 0 Å². The smallest absolute Gasteiger partial charge is 0.457 e. The fourth-order valence-electron chi connectivity index (χ4n) is 6.36. The summed E-state index contributed by atoms with van der Waals surface area (Å²) < 4.78 is 33.4. The Hall–Kier alpha value is -1.54. The summed E-state index contributed by atoms with van der Waals surface area (Å²) in [5.41, 5.74) is 5.37. The van der Waals surface area contributed by atoms with Gasteiger partial charge in [0.1, 0.15) is 6.10 Å². The molecule has 0 saturated heterocycles. The van der Waals surface area contributed by atoms with E-state index in [4.69, 9.17) is 24.3 Å². The number of phosphoric acid groups is 1. The van der Waals surface area contributed by atoms with Crippen LogP contribution in [-0.4, -0.2) is 49.9 Å². The van der Waals surface area contributed by atoms with Gasteiger partial charge in [0.15, 0.2) is 0 Å². The number of allylic oxidation sites excluding steroid dienone is 8. The van der Waals surface area contributed by atoms with Gasteiger partial charge in [-0.2, -0.15) is 0 Å². The first-order valence-corrected chi connectivity index (χ1v) is 24.6. The van der Waals surface area contributed by atoms with Crippen LogP contribution >= 0.6 is 7.82 Å². The maximum Gasteiger partial charge on any atom is 0.472 e. The van der Waals surface area contributed by atoms with Crippen molar-refractivity contribution < 1.29 is 32.8 Å². The van der Waals surface area contributed by atoms with Gasteiger partial charge in [0, 0.05) is 19.6 Å². The molecule has 0 amide bonds. The van der Waals surface area contributed by atoms with Gasteiger partial charge in [-0.05, 0) is 70.6 Å². The highest BCUT2D eigenvalue weighted by Crippen LogP contribution is 2.43. The summed E-state index contributed by atoms with van der Waals surface area (Å²) in [4.78, 5) is 22.5. The molecule has 0 aromatic carbocycles. The standard InChI is InChI=1S/C47H88NO7P/c1-3-5-7-9-11-13-15-17-19-20-21-22-23-24-25-26-27-28-30-32-34-36-38-40-47(49)55-46(45-54-56(50,51)53-43-41-48)44-52-42-39-37-35-33-31-29-18-16-14-12-10-8-6-4-2/h6,8,12,14,18,20-21,29,46H,3-5,7,9-11,13,15-17,19,22-28,30-45,48H2,1-2H3,(H,50,51)/b8-6-,14-12-,21-20-,29-18-. The minimum absolute atomic E-state index is 0.0952. The average molecular weight is 810 g/mol.